The summed E-state index contributed by atoms with van der Waals surface area (Å²) in [6.07, 6.45) is 1.70. The fourth-order valence-corrected chi connectivity index (χ4v) is 2.78. The molecule has 1 aromatic carbocycles. The molecule has 0 saturated carbocycles. The van der Waals surface area contributed by atoms with Gasteiger partial charge >= 0.3 is 0 Å². The summed E-state index contributed by atoms with van der Waals surface area (Å²) in [4.78, 5) is 12.7. The van der Waals surface area contributed by atoms with Crippen LogP contribution in [0.3, 0.4) is 0 Å². The second-order valence-corrected chi connectivity index (χ2v) is 5.29. The summed E-state index contributed by atoms with van der Waals surface area (Å²) in [5, 5.41) is 2.68. The molecule has 0 aliphatic heterocycles. The monoisotopic (exact) mass is 245 g/mol. The Kier molecular flexibility index (Phi) is 3.94. The van der Waals surface area contributed by atoms with Crippen LogP contribution in [0.25, 0.3) is 0 Å². The van der Waals surface area contributed by atoms with E-state index in [-0.39, 0.29) is 0 Å². The van der Waals surface area contributed by atoms with Gasteiger partial charge in [0.1, 0.15) is 0 Å². The van der Waals surface area contributed by atoms with E-state index in [1.165, 1.54) is 20.9 Å². The second kappa shape index (κ2) is 5.64. The van der Waals surface area contributed by atoms with Gasteiger partial charge in [-0.15, -0.1) is 11.3 Å². The molecule has 1 N–H and O–H groups in total. The first-order valence-corrected chi connectivity index (χ1v) is 6.40. The number of aryl methyl sites for hydroxylation is 1. The lowest BCUT2D eigenvalue weighted by molar-refractivity contribution is -0.109. The van der Waals surface area contributed by atoms with Crippen molar-refractivity contribution in [2.45, 2.75) is 19.9 Å². The first-order chi connectivity index (χ1) is 8.28. The molecule has 0 atom stereocenters. The minimum Gasteiger partial charge on any atom is -0.354 e. The third-order valence-corrected chi connectivity index (χ3v) is 3.62. The van der Waals surface area contributed by atoms with Gasteiger partial charge in [-0.1, -0.05) is 29.8 Å². The van der Waals surface area contributed by atoms with Gasteiger partial charge in [0.05, 0.1) is 6.54 Å². The summed E-state index contributed by atoms with van der Waals surface area (Å²) in [6.45, 7) is 2.74. The van der Waals surface area contributed by atoms with Gasteiger partial charge in [-0.2, -0.15) is 0 Å². The van der Waals surface area contributed by atoms with Crippen molar-refractivity contribution < 1.29 is 4.79 Å². The first kappa shape index (κ1) is 11.9. The third-order valence-electron chi connectivity index (χ3n) is 2.54. The van der Waals surface area contributed by atoms with Crippen molar-refractivity contribution in [3.63, 3.8) is 0 Å². The number of nitrogens with one attached hydrogen (secondary N) is 1. The van der Waals surface area contributed by atoms with E-state index in [1.807, 2.05) is 0 Å². The van der Waals surface area contributed by atoms with Crippen LogP contribution in [0.1, 0.15) is 20.9 Å². The van der Waals surface area contributed by atoms with Crippen LogP contribution >= 0.6 is 11.3 Å². The van der Waals surface area contributed by atoms with Crippen molar-refractivity contribution in [1.82, 2.24) is 5.32 Å². The SMILES string of the molecule is Cc1cccc(Cc2ccc(CNC=O)s2)c1. The highest BCUT2D eigenvalue weighted by Crippen LogP contribution is 2.20. The van der Waals surface area contributed by atoms with Crippen molar-refractivity contribution in [3.05, 3.63) is 57.3 Å². The van der Waals surface area contributed by atoms with Crippen LogP contribution in [0, 0.1) is 6.92 Å². The fourth-order valence-electron chi connectivity index (χ4n) is 1.78. The highest BCUT2D eigenvalue weighted by atomic mass is 32.1. The molecule has 0 saturated heterocycles. The van der Waals surface area contributed by atoms with Crippen molar-refractivity contribution >= 4 is 17.7 Å². The molecule has 0 radical (unpaired) electrons. The molecule has 0 fully saturated rings. The zero-order valence-electron chi connectivity index (χ0n) is 9.77. The Morgan fingerprint density at radius 1 is 1.24 bits per heavy atom. The van der Waals surface area contributed by atoms with E-state index in [1.54, 1.807) is 11.3 Å². The van der Waals surface area contributed by atoms with E-state index in [0.717, 1.165) is 12.8 Å². The zero-order chi connectivity index (χ0) is 12.1. The third kappa shape index (κ3) is 3.43. The molecular formula is C14H15NOS. The molecule has 1 heterocycles. The van der Waals surface area contributed by atoms with Gasteiger partial charge in [-0.05, 0) is 24.6 Å². The number of rotatable bonds is 5. The minimum absolute atomic E-state index is 0.627. The highest BCUT2D eigenvalue weighted by molar-refractivity contribution is 7.12. The zero-order valence-corrected chi connectivity index (χ0v) is 10.6. The predicted octanol–water partition coefficient (Wildman–Crippen LogP) is 2.89. The molecule has 1 aromatic heterocycles. The lowest BCUT2D eigenvalue weighted by Gasteiger charge is -2.00. The number of benzene rings is 1. The minimum atomic E-state index is 0.627. The molecule has 0 aliphatic carbocycles. The molecule has 2 nitrogen and oxygen atoms in total. The van der Waals surface area contributed by atoms with Crippen molar-refractivity contribution in [1.29, 1.82) is 0 Å². The maximum atomic E-state index is 10.2. The topological polar surface area (TPSA) is 29.1 Å². The van der Waals surface area contributed by atoms with Crippen LogP contribution in [0.15, 0.2) is 36.4 Å². The molecule has 17 heavy (non-hydrogen) atoms. The molecule has 2 aromatic rings. The largest absolute Gasteiger partial charge is 0.354 e. The van der Waals surface area contributed by atoms with E-state index in [0.29, 0.717) is 6.54 Å². The average Bonchev–Trinajstić information content (AvgIpc) is 2.74. The Morgan fingerprint density at radius 2 is 2.06 bits per heavy atom. The summed E-state index contributed by atoms with van der Waals surface area (Å²) >= 11 is 1.75. The lowest BCUT2D eigenvalue weighted by Crippen LogP contribution is -2.07. The summed E-state index contributed by atoms with van der Waals surface area (Å²) < 4.78 is 0. The van der Waals surface area contributed by atoms with Crippen molar-refractivity contribution in [2.24, 2.45) is 0 Å². The van der Waals surface area contributed by atoms with Crippen molar-refractivity contribution in [2.75, 3.05) is 0 Å². The number of thiophene rings is 1. The van der Waals surface area contributed by atoms with Gasteiger partial charge in [-0.25, -0.2) is 0 Å². The summed E-state index contributed by atoms with van der Waals surface area (Å²) in [6, 6.07) is 12.8. The van der Waals surface area contributed by atoms with Crippen LogP contribution in [0.2, 0.25) is 0 Å². The number of amides is 1. The van der Waals surface area contributed by atoms with Crippen molar-refractivity contribution in [3.8, 4) is 0 Å². The number of carbonyl (C=O) groups is 1. The second-order valence-electron chi connectivity index (χ2n) is 4.03. The standard InChI is InChI=1S/C14H15NOS/c1-11-3-2-4-12(7-11)8-13-5-6-14(17-13)9-15-10-16/h2-7,10H,8-9H2,1H3,(H,15,16). The smallest absolute Gasteiger partial charge is 0.207 e. The van der Waals surface area contributed by atoms with Gasteiger partial charge in [-0.3, -0.25) is 4.79 Å². The van der Waals surface area contributed by atoms with Gasteiger partial charge in [0, 0.05) is 16.2 Å². The van der Waals surface area contributed by atoms with E-state index < -0.39 is 0 Å². The van der Waals surface area contributed by atoms with E-state index in [2.05, 4.69) is 48.6 Å². The molecule has 0 aliphatic rings. The lowest BCUT2D eigenvalue weighted by atomic mass is 10.1. The van der Waals surface area contributed by atoms with E-state index in [4.69, 9.17) is 0 Å². The Hall–Kier alpha value is -1.61. The Morgan fingerprint density at radius 3 is 2.82 bits per heavy atom. The normalized spacial score (nSPS) is 10.2. The summed E-state index contributed by atoms with van der Waals surface area (Å²) in [5.74, 6) is 0. The molecule has 0 spiro atoms. The van der Waals surface area contributed by atoms with E-state index in [9.17, 15) is 4.79 Å². The Labute approximate surface area is 105 Å². The quantitative estimate of drug-likeness (QED) is 0.806. The maximum Gasteiger partial charge on any atom is 0.207 e. The van der Waals surface area contributed by atoms with E-state index >= 15 is 0 Å². The number of hydrogen-bond acceptors (Lipinski definition) is 2. The highest BCUT2D eigenvalue weighted by Gasteiger charge is 2.01. The van der Waals surface area contributed by atoms with Gasteiger partial charge in [0.15, 0.2) is 0 Å². The Bertz CT molecular complexity index is 504. The molecular weight excluding hydrogens is 230 g/mol. The first-order valence-electron chi connectivity index (χ1n) is 5.58. The molecule has 2 rings (SSSR count). The van der Waals surface area contributed by atoms with Gasteiger partial charge in [0.2, 0.25) is 6.41 Å². The molecule has 0 bridgehead atoms. The molecule has 88 valence electrons. The Balaban J connectivity index is 2.03. The predicted molar refractivity (Wildman–Crippen MR) is 71.2 cm³/mol. The fraction of sp³-hybridized carbons (Fsp3) is 0.214. The summed E-state index contributed by atoms with van der Waals surface area (Å²) in [7, 11) is 0. The van der Waals surface area contributed by atoms with Gasteiger partial charge in [0.25, 0.3) is 0 Å². The van der Waals surface area contributed by atoms with Crippen LogP contribution in [0.4, 0.5) is 0 Å². The molecule has 1 amide bonds. The maximum absolute atomic E-state index is 10.2. The number of carbonyl (C=O) groups excluding carboxylic acids is 1. The van der Waals surface area contributed by atoms with Crippen LogP contribution in [-0.4, -0.2) is 6.41 Å². The van der Waals surface area contributed by atoms with Crippen LogP contribution < -0.4 is 5.32 Å². The number of hydrogen-bond donors (Lipinski definition) is 1. The van der Waals surface area contributed by atoms with Gasteiger partial charge < -0.3 is 5.32 Å². The van der Waals surface area contributed by atoms with Crippen LogP contribution in [-0.2, 0) is 17.8 Å². The molecule has 0 unspecified atom stereocenters. The van der Waals surface area contributed by atoms with Crippen LogP contribution in [0.5, 0.6) is 0 Å². The average molecular weight is 245 g/mol. The molecule has 3 heteroatoms. The summed E-state index contributed by atoms with van der Waals surface area (Å²) in [5.41, 5.74) is 2.63.